The Morgan fingerprint density at radius 1 is 1.40 bits per heavy atom. The van der Waals surface area contributed by atoms with Crippen LogP contribution >= 0.6 is 0 Å². The van der Waals surface area contributed by atoms with Crippen molar-refractivity contribution < 1.29 is 4.79 Å². The Hall–Kier alpha value is -1.29. The number of hydrogen-bond acceptors (Lipinski definition) is 2. The van der Waals surface area contributed by atoms with Gasteiger partial charge in [0.2, 0.25) is 5.91 Å². The number of amides is 1. The van der Waals surface area contributed by atoms with Crippen LogP contribution in [-0.2, 0) is 4.79 Å². The third-order valence-electron chi connectivity index (χ3n) is 3.14. The molecule has 1 aliphatic heterocycles. The standard InChI is InChI=1S/C11H17N3O/c1-6-7(2)12-4-9(6)10-5-13-11(15)8(3)14-10/h4,8,10,12,14H,5H2,1-3H3,(H,13,15)/t8-,10?/m0/s1. The van der Waals surface area contributed by atoms with Gasteiger partial charge in [0.15, 0.2) is 0 Å². The molecule has 2 rings (SSSR count). The Kier molecular flexibility index (Phi) is 2.52. The lowest BCUT2D eigenvalue weighted by Gasteiger charge is -2.29. The van der Waals surface area contributed by atoms with Crippen molar-refractivity contribution in [1.82, 2.24) is 15.6 Å². The van der Waals surface area contributed by atoms with Crippen LogP contribution < -0.4 is 10.6 Å². The smallest absolute Gasteiger partial charge is 0.236 e. The second-order valence-electron chi connectivity index (χ2n) is 4.18. The summed E-state index contributed by atoms with van der Waals surface area (Å²) in [5.41, 5.74) is 3.71. The summed E-state index contributed by atoms with van der Waals surface area (Å²) in [6.07, 6.45) is 2.02. The second-order valence-corrected chi connectivity index (χ2v) is 4.18. The number of hydrogen-bond donors (Lipinski definition) is 3. The largest absolute Gasteiger partial charge is 0.365 e. The van der Waals surface area contributed by atoms with Gasteiger partial charge >= 0.3 is 0 Å². The van der Waals surface area contributed by atoms with Gasteiger partial charge in [0, 0.05) is 18.4 Å². The van der Waals surface area contributed by atoms with Gasteiger partial charge in [-0.15, -0.1) is 0 Å². The number of aromatic nitrogens is 1. The van der Waals surface area contributed by atoms with E-state index in [1.54, 1.807) is 0 Å². The molecular formula is C11H17N3O. The van der Waals surface area contributed by atoms with Gasteiger partial charge < -0.3 is 10.3 Å². The van der Waals surface area contributed by atoms with Gasteiger partial charge in [-0.25, -0.2) is 0 Å². The molecule has 4 heteroatoms. The minimum Gasteiger partial charge on any atom is -0.365 e. The molecule has 1 saturated heterocycles. The maximum absolute atomic E-state index is 11.3. The molecule has 1 aliphatic rings. The molecule has 1 fully saturated rings. The van der Waals surface area contributed by atoms with Crippen LogP contribution in [0, 0.1) is 13.8 Å². The van der Waals surface area contributed by atoms with Crippen LogP contribution in [0.2, 0.25) is 0 Å². The average Bonchev–Trinajstić information content (AvgIpc) is 2.53. The van der Waals surface area contributed by atoms with Crippen molar-refractivity contribution in [2.75, 3.05) is 6.54 Å². The molecule has 0 saturated carbocycles. The highest BCUT2D eigenvalue weighted by Gasteiger charge is 2.26. The van der Waals surface area contributed by atoms with E-state index in [0.717, 1.165) is 0 Å². The summed E-state index contributed by atoms with van der Waals surface area (Å²) < 4.78 is 0. The number of rotatable bonds is 1. The quantitative estimate of drug-likeness (QED) is 0.637. The lowest BCUT2D eigenvalue weighted by Crippen LogP contribution is -2.52. The van der Waals surface area contributed by atoms with E-state index in [1.807, 2.05) is 13.1 Å². The fourth-order valence-electron chi connectivity index (χ4n) is 1.97. The first-order chi connectivity index (χ1) is 7.09. The van der Waals surface area contributed by atoms with E-state index < -0.39 is 0 Å². The van der Waals surface area contributed by atoms with Gasteiger partial charge in [0.1, 0.15) is 0 Å². The Labute approximate surface area is 89.5 Å². The highest BCUT2D eigenvalue weighted by Crippen LogP contribution is 2.21. The second kappa shape index (κ2) is 3.70. The summed E-state index contributed by atoms with van der Waals surface area (Å²) in [5.74, 6) is 0.0798. The van der Waals surface area contributed by atoms with Gasteiger partial charge in [0.05, 0.1) is 12.1 Å². The van der Waals surface area contributed by atoms with E-state index in [4.69, 9.17) is 0 Å². The van der Waals surface area contributed by atoms with Crippen molar-refractivity contribution in [2.24, 2.45) is 0 Å². The molecule has 1 amide bonds. The van der Waals surface area contributed by atoms with Crippen molar-refractivity contribution in [1.29, 1.82) is 0 Å². The van der Waals surface area contributed by atoms with Gasteiger partial charge in [-0.1, -0.05) is 0 Å². The lowest BCUT2D eigenvalue weighted by molar-refractivity contribution is -0.124. The van der Waals surface area contributed by atoms with Crippen LogP contribution in [0.3, 0.4) is 0 Å². The normalized spacial score (nSPS) is 26.5. The molecule has 0 spiro atoms. The number of H-pyrrole nitrogens is 1. The molecule has 0 aliphatic carbocycles. The Morgan fingerprint density at radius 3 is 2.67 bits per heavy atom. The lowest BCUT2D eigenvalue weighted by atomic mass is 10.0. The Morgan fingerprint density at radius 2 is 2.13 bits per heavy atom. The van der Waals surface area contributed by atoms with Crippen LogP contribution in [0.5, 0.6) is 0 Å². The Bertz CT molecular complexity index is 383. The van der Waals surface area contributed by atoms with Crippen molar-refractivity contribution in [3.63, 3.8) is 0 Å². The fourth-order valence-corrected chi connectivity index (χ4v) is 1.97. The zero-order chi connectivity index (χ0) is 11.0. The van der Waals surface area contributed by atoms with Crippen molar-refractivity contribution >= 4 is 5.91 Å². The molecule has 1 unspecified atom stereocenters. The molecule has 2 atom stereocenters. The summed E-state index contributed by atoms with van der Waals surface area (Å²) in [5, 5.41) is 6.21. The number of carbonyl (C=O) groups excluding carboxylic acids is 1. The molecule has 3 N–H and O–H groups in total. The first kappa shape index (κ1) is 10.2. The third-order valence-corrected chi connectivity index (χ3v) is 3.14. The van der Waals surface area contributed by atoms with Crippen LogP contribution in [0.1, 0.15) is 29.8 Å². The number of nitrogens with one attached hydrogen (secondary N) is 3. The van der Waals surface area contributed by atoms with Gasteiger partial charge in [0.25, 0.3) is 0 Å². The van der Waals surface area contributed by atoms with E-state index >= 15 is 0 Å². The van der Waals surface area contributed by atoms with Gasteiger partial charge in [-0.3, -0.25) is 10.1 Å². The van der Waals surface area contributed by atoms with Gasteiger partial charge in [-0.2, -0.15) is 0 Å². The summed E-state index contributed by atoms with van der Waals surface area (Å²) in [4.78, 5) is 14.5. The number of carbonyl (C=O) groups is 1. The SMILES string of the molecule is Cc1[nH]cc(C2CNC(=O)[C@H](C)N2)c1C. The topological polar surface area (TPSA) is 56.9 Å². The summed E-state index contributed by atoms with van der Waals surface area (Å²) in [6.45, 7) is 6.71. The molecule has 82 valence electrons. The van der Waals surface area contributed by atoms with Crippen molar-refractivity contribution in [2.45, 2.75) is 32.9 Å². The van der Waals surface area contributed by atoms with Crippen LogP contribution in [0.25, 0.3) is 0 Å². The predicted molar refractivity (Wildman–Crippen MR) is 58.6 cm³/mol. The fraction of sp³-hybridized carbons (Fsp3) is 0.545. The maximum atomic E-state index is 11.3. The van der Waals surface area contributed by atoms with E-state index in [9.17, 15) is 4.79 Å². The van der Waals surface area contributed by atoms with E-state index in [2.05, 4.69) is 29.5 Å². The van der Waals surface area contributed by atoms with E-state index in [0.29, 0.717) is 6.54 Å². The summed E-state index contributed by atoms with van der Waals surface area (Å²) >= 11 is 0. The molecule has 0 radical (unpaired) electrons. The molecule has 1 aromatic rings. The van der Waals surface area contributed by atoms with Gasteiger partial charge in [-0.05, 0) is 31.9 Å². The molecule has 1 aromatic heterocycles. The molecule has 2 heterocycles. The third kappa shape index (κ3) is 1.77. The van der Waals surface area contributed by atoms with Crippen LogP contribution in [-0.4, -0.2) is 23.5 Å². The molecule has 0 bridgehead atoms. The van der Waals surface area contributed by atoms with Crippen molar-refractivity contribution in [3.8, 4) is 0 Å². The first-order valence-corrected chi connectivity index (χ1v) is 5.28. The number of aryl methyl sites for hydroxylation is 1. The monoisotopic (exact) mass is 207 g/mol. The summed E-state index contributed by atoms with van der Waals surface area (Å²) in [6, 6.07) is 0.112. The highest BCUT2D eigenvalue weighted by atomic mass is 16.2. The minimum atomic E-state index is -0.113. The predicted octanol–water partition coefficient (Wildman–Crippen LogP) is 0.781. The van der Waals surface area contributed by atoms with Crippen LogP contribution in [0.15, 0.2) is 6.20 Å². The molecule has 0 aromatic carbocycles. The van der Waals surface area contributed by atoms with Crippen LogP contribution in [0.4, 0.5) is 0 Å². The molecule has 4 nitrogen and oxygen atoms in total. The molecular weight excluding hydrogens is 190 g/mol. The number of piperazine rings is 1. The first-order valence-electron chi connectivity index (χ1n) is 5.28. The maximum Gasteiger partial charge on any atom is 0.236 e. The minimum absolute atomic E-state index is 0.0798. The van der Waals surface area contributed by atoms with Crippen molar-refractivity contribution in [3.05, 3.63) is 23.0 Å². The zero-order valence-corrected chi connectivity index (χ0v) is 9.35. The average molecular weight is 207 g/mol. The van der Waals surface area contributed by atoms with E-state index in [-0.39, 0.29) is 18.0 Å². The zero-order valence-electron chi connectivity index (χ0n) is 9.35. The molecule has 15 heavy (non-hydrogen) atoms. The summed E-state index contributed by atoms with van der Waals surface area (Å²) in [7, 11) is 0. The highest BCUT2D eigenvalue weighted by molar-refractivity contribution is 5.82. The number of aromatic amines is 1. The Balaban J connectivity index is 2.19. The van der Waals surface area contributed by atoms with E-state index in [1.165, 1.54) is 16.8 Å².